The van der Waals surface area contributed by atoms with E-state index in [2.05, 4.69) is 0 Å². The number of amides is 1. The summed E-state index contributed by atoms with van der Waals surface area (Å²) in [6.07, 6.45) is 2.56. The van der Waals surface area contributed by atoms with Gasteiger partial charge in [0.25, 0.3) is 0 Å². The van der Waals surface area contributed by atoms with Crippen LogP contribution >= 0.6 is 0 Å². The number of carbonyl (C=O) groups is 2. The van der Waals surface area contributed by atoms with E-state index in [1.807, 2.05) is 6.92 Å². The van der Waals surface area contributed by atoms with E-state index in [0.29, 0.717) is 13.1 Å². The second-order valence-corrected chi connectivity index (χ2v) is 5.68. The number of methoxy groups -OCH3 is 1. The maximum absolute atomic E-state index is 11.6. The van der Waals surface area contributed by atoms with Crippen LogP contribution in [0.5, 0.6) is 0 Å². The van der Waals surface area contributed by atoms with Crippen LogP contribution in [0.1, 0.15) is 32.6 Å². The van der Waals surface area contributed by atoms with Crippen LogP contribution in [0.4, 0.5) is 4.79 Å². The van der Waals surface area contributed by atoms with E-state index in [0.717, 1.165) is 25.7 Å². The SMILES string of the molecule is COC(=O)C1(C)CC2(CCN(C(=O)O)CC2)C1. The molecule has 17 heavy (non-hydrogen) atoms. The Morgan fingerprint density at radius 1 is 1.24 bits per heavy atom. The van der Waals surface area contributed by atoms with Crippen molar-refractivity contribution in [2.45, 2.75) is 32.6 Å². The van der Waals surface area contributed by atoms with Gasteiger partial charge in [0.15, 0.2) is 0 Å². The number of esters is 1. The molecule has 1 amide bonds. The fourth-order valence-electron chi connectivity index (χ4n) is 3.52. The zero-order chi connectivity index (χ0) is 12.7. The smallest absolute Gasteiger partial charge is 0.407 e. The lowest BCUT2D eigenvalue weighted by molar-refractivity contribution is -0.170. The Labute approximate surface area is 101 Å². The minimum atomic E-state index is -0.838. The molecule has 1 saturated heterocycles. The molecule has 0 unspecified atom stereocenters. The lowest BCUT2D eigenvalue weighted by Gasteiger charge is -2.56. The molecule has 1 spiro atoms. The standard InChI is InChI=1S/C12H19NO4/c1-11(9(14)17-2)7-12(8-11)3-5-13(6-4-12)10(15)16/h3-8H2,1-2H3,(H,15,16). The predicted octanol–water partition coefficient (Wildman–Crippen LogP) is 1.72. The van der Waals surface area contributed by atoms with Crippen LogP contribution in [0.25, 0.3) is 0 Å². The van der Waals surface area contributed by atoms with Crippen molar-refractivity contribution >= 4 is 12.1 Å². The van der Waals surface area contributed by atoms with Crippen LogP contribution in [0.2, 0.25) is 0 Å². The maximum Gasteiger partial charge on any atom is 0.407 e. The number of hydrogen-bond donors (Lipinski definition) is 1. The van der Waals surface area contributed by atoms with Crippen molar-refractivity contribution in [2.24, 2.45) is 10.8 Å². The lowest BCUT2D eigenvalue weighted by atomic mass is 9.50. The van der Waals surface area contributed by atoms with Gasteiger partial charge in [-0.1, -0.05) is 0 Å². The third-order valence-electron chi connectivity index (χ3n) is 4.30. The summed E-state index contributed by atoms with van der Waals surface area (Å²) in [5.41, 5.74) is -0.172. The van der Waals surface area contributed by atoms with E-state index >= 15 is 0 Å². The van der Waals surface area contributed by atoms with Crippen LogP contribution < -0.4 is 0 Å². The molecule has 0 aromatic rings. The number of rotatable bonds is 1. The first kappa shape index (κ1) is 12.2. The molecule has 0 bridgehead atoms. The van der Waals surface area contributed by atoms with Crippen molar-refractivity contribution in [1.82, 2.24) is 4.90 Å². The van der Waals surface area contributed by atoms with Gasteiger partial charge in [0.05, 0.1) is 12.5 Å². The molecule has 0 aromatic heterocycles. The normalized spacial score (nSPS) is 25.2. The van der Waals surface area contributed by atoms with Gasteiger partial charge in [0.1, 0.15) is 0 Å². The van der Waals surface area contributed by atoms with Crippen LogP contribution in [0, 0.1) is 10.8 Å². The van der Waals surface area contributed by atoms with E-state index in [1.54, 1.807) is 0 Å². The van der Waals surface area contributed by atoms with Gasteiger partial charge in [0, 0.05) is 13.1 Å². The maximum atomic E-state index is 11.6. The zero-order valence-corrected chi connectivity index (χ0v) is 10.4. The van der Waals surface area contributed by atoms with Crippen molar-refractivity contribution in [3.63, 3.8) is 0 Å². The highest BCUT2D eigenvalue weighted by atomic mass is 16.5. The van der Waals surface area contributed by atoms with E-state index in [-0.39, 0.29) is 16.8 Å². The molecule has 96 valence electrons. The fraction of sp³-hybridized carbons (Fsp3) is 0.833. The average molecular weight is 241 g/mol. The van der Waals surface area contributed by atoms with Crippen molar-refractivity contribution in [3.05, 3.63) is 0 Å². The summed E-state index contributed by atoms with van der Waals surface area (Å²) in [5.74, 6) is -0.135. The second-order valence-electron chi connectivity index (χ2n) is 5.68. The summed E-state index contributed by atoms with van der Waals surface area (Å²) in [5, 5.41) is 8.88. The molecule has 2 rings (SSSR count). The summed E-state index contributed by atoms with van der Waals surface area (Å²) in [6, 6.07) is 0. The van der Waals surface area contributed by atoms with E-state index in [1.165, 1.54) is 12.0 Å². The molecule has 2 fully saturated rings. The molecule has 1 N–H and O–H groups in total. The molecule has 0 aromatic carbocycles. The van der Waals surface area contributed by atoms with E-state index in [4.69, 9.17) is 9.84 Å². The number of carboxylic acid groups (broad SMARTS) is 1. The molecule has 0 atom stereocenters. The summed E-state index contributed by atoms with van der Waals surface area (Å²) >= 11 is 0. The molecule has 5 nitrogen and oxygen atoms in total. The Morgan fingerprint density at radius 2 is 1.76 bits per heavy atom. The van der Waals surface area contributed by atoms with Gasteiger partial charge in [-0.25, -0.2) is 4.79 Å². The molecule has 0 radical (unpaired) electrons. The van der Waals surface area contributed by atoms with Crippen molar-refractivity contribution in [2.75, 3.05) is 20.2 Å². The van der Waals surface area contributed by atoms with Crippen LogP contribution in [0.15, 0.2) is 0 Å². The van der Waals surface area contributed by atoms with E-state index < -0.39 is 6.09 Å². The first-order chi connectivity index (χ1) is 7.91. The molecule has 1 aliphatic carbocycles. The number of likely N-dealkylation sites (tertiary alicyclic amines) is 1. The van der Waals surface area contributed by atoms with Gasteiger partial charge in [0.2, 0.25) is 0 Å². The Kier molecular flexibility index (Phi) is 2.79. The van der Waals surface area contributed by atoms with Crippen LogP contribution in [-0.2, 0) is 9.53 Å². The summed E-state index contributed by atoms with van der Waals surface area (Å²) in [4.78, 5) is 23.9. The van der Waals surface area contributed by atoms with Crippen LogP contribution in [-0.4, -0.2) is 42.3 Å². The summed E-state index contributed by atoms with van der Waals surface area (Å²) in [6.45, 7) is 3.12. The Hall–Kier alpha value is -1.26. The third-order valence-corrected chi connectivity index (χ3v) is 4.30. The van der Waals surface area contributed by atoms with Gasteiger partial charge in [-0.3, -0.25) is 4.79 Å². The largest absolute Gasteiger partial charge is 0.469 e. The van der Waals surface area contributed by atoms with Crippen molar-refractivity contribution < 1.29 is 19.4 Å². The molecule has 1 aliphatic heterocycles. The third kappa shape index (κ3) is 1.98. The number of hydrogen-bond acceptors (Lipinski definition) is 3. The first-order valence-electron chi connectivity index (χ1n) is 5.97. The molecule has 2 aliphatic rings. The van der Waals surface area contributed by atoms with Gasteiger partial charge in [-0.2, -0.15) is 0 Å². The average Bonchev–Trinajstić information content (AvgIpc) is 2.26. The van der Waals surface area contributed by atoms with E-state index in [9.17, 15) is 9.59 Å². The molecule has 1 saturated carbocycles. The summed E-state index contributed by atoms with van der Waals surface area (Å²) in [7, 11) is 1.42. The highest BCUT2D eigenvalue weighted by Gasteiger charge is 2.57. The van der Waals surface area contributed by atoms with Crippen molar-refractivity contribution in [1.29, 1.82) is 0 Å². The number of piperidine rings is 1. The fourth-order valence-corrected chi connectivity index (χ4v) is 3.52. The molecular formula is C12H19NO4. The Morgan fingerprint density at radius 3 is 2.18 bits per heavy atom. The Bertz CT molecular complexity index is 336. The zero-order valence-electron chi connectivity index (χ0n) is 10.4. The van der Waals surface area contributed by atoms with Gasteiger partial charge >= 0.3 is 12.1 Å². The van der Waals surface area contributed by atoms with Gasteiger partial charge < -0.3 is 14.7 Å². The van der Waals surface area contributed by atoms with Crippen molar-refractivity contribution in [3.8, 4) is 0 Å². The molecule has 5 heteroatoms. The quantitative estimate of drug-likeness (QED) is 0.710. The monoisotopic (exact) mass is 241 g/mol. The predicted molar refractivity (Wildman–Crippen MR) is 60.6 cm³/mol. The van der Waals surface area contributed by atoms with Crippen LogP contribution in [0.3, 0.4) is 0 Å². The molecular weight excluding hydrogens is 222 g/mol. The lowest BCUT2D eigenvalue weighted by Crippen LogP contribution is -2.55. The Balaban J connectivity index is 1.91. The van der Waals surface area contributed by atoms with Gasteiger partial charge in [-0.05, 0) is 38.0 Å². The first-order valence-corrected chi connectivity index (χ1v) is 5.97. The number of ether oxygens (including phenoxy) is 1. The van der Waals surface area contributed by atoms with Gasteiger partial charge in [-0.15, -0.1) is 0 Å². The summed E-state index contributed by atoms with van der Waals surface area (Å²) < 4.78 is 4.81. The minimum Gasteiger partial charge on any atom is -0.469 e. The number of nitrogens with zero attached hydrogens (tertiary/aromatic N) is 1. The highest BCUT2D eigenvalue weighted by Crippen LogP contribution is 2.59. The molecule has 1 heterocycles. The minimum absolute atomic E-state index is 0.135. The topological polar surface area (TPSA) is 66.8 Å². The second kappa shape index (κ2) is 3.89. The highest BCUT2D eigenvalue weighted by molar-refractivity contribution is 5.77. The number of carbonyl (C=O) groups excluding carboxylic acids is 1.